The van der Waals surface area contributed by atoms with Gasteiger partial charge < -0.3 is 15.8 Å². The highest BCUT2D eigenvalue weighted by Crippen LogP contribution is 2.22. The Morgan fingerprint density at radius 2 is 2.10 bits per heavy atom. The molecule has 21 heavy (non-hydrogen) atoms. The molecule has 3 N–H and O–H groups in total. The number of carbonyl (C=O) groups is 1. The lowest BCUT2D eigenvalue weighted by Crippen LogP contribution is -2.23. The Morgan fingerprint density at radius 3 is 2.81 bits per heavy atom. The summed E-state index contributed by atoms with van der Waals surface area (Å²) in [5, 5.41) is 2.71. The molecular formula is C15H14BrFN2O2. The molecule has 4 nitrogen and oxygen atoms in total. The summed E-state index contributed by atoms with van der Waals surface area (Å²) in [6.45, 7) is 0.232. The van der Waals surface area contributed by atoms with Crippen molar-refractivity contribution in [2.24, 2.45) is 0 Å². The smallest absolute Gasteiger partial charge is 0.252 e. The van der Waals surface area contributed by atoms with E-state index in [1.165, 1.54) is 18.2 Å². The fourth-order valence-electron chi connectivity index (χ4n) is 1.88. The highest BCUT2D eigenvalue weighted by Gasteiger charge is 2.12. The van der Waals surface area contributed by atoms with E-state index in [2.05, 4.69) is 21.2 Å². The van der Waals surface area contributed by atoms with Gasteiger partial charge in [0.25, 0.3) is 5.91 Å². The van der Waals surface area contributed by atoms with Crippen molar-refractivity contribution in [3.8, 4) is 5.75 Å². The zero-order valence-electron chi connectivity index (χ0n) is 11.3. The lowest BCUT2D eigenvalue weighted by atomic mass is 10.1. The number of hydrogen-bond acceptors (Lipinski definition) is 3. The van der Waals surface area contributed by atoms with E-state index < -0.39 is 5.82 Å². The van der Waals surface area contributed by atoms with E-state index >= 15 is 0 Å². The third-order valence-electron chi connectivity index (χ3n) is 2.92. The van der Waals surface area contributed by atoms with Gasteiger partial charge in [-0.3, -0.25) is 4.79 Å². The molecule has 0 aromatic heterocycles. The molecule has 0 unspecified atom stereocenters. The molecule has 0 heterocycles. The molecule has 6 heteroatoms. The number of methoxy groups -OCH3 is 1. The van der Waals surface area contributed by atoms with Crippen molar-refractivity contribution in [1.82, 2.24) is 5.32 Å². The average molecular weight is 353 g/mol. The van der Waals surface area contributed by atoms with Crippen LogP contribution in [0, 0.1) is 5.82 Å². The number of rotatable bonds is 4. The van der Waals surface area contributed by atoms with Crippen LogP contribution in [0.25, 0.3) is 0 Å². The van der Waals surface area contributed by atoms with E-state index in [1.54, 1.807) is 25.3 Å². The van der Waals surface area contributed by atoms with Crippen molar-refractivity contribution in [2.75, 3.05) is 12.8 Å². The monoisotopic (exact) mass is 352 g/mol. The predicted molar refractivity (Wildman–Crippen MR) is 82.7 cm³/mol. The van der Waals surface area contributed by atoms with Crippen LogP contribution < -0.4 is 15.8 Å². The van der Waals surface area contributed by atoms with E-state index in [0.717, 1.165) is 5.56 Å². The van der Waals surface area contributed by atoms with E-state index in [1.807, 2.05) is 0 Å². The summed E-state index contributed by atoms with van der Waals surface area (Å²) in [5.41, 5.74) is 7.28. The first kappa shape index (κ1) is 15.3. The zero-order valence-corrected chi connectivity index (χ0v) is 12.9. The summed E-state index contributed by atoms with van der Waals surface area (Å²) < 4.78 is 18.9. The number of halogens is 2. The first-order chi connectivity index (χ1) is 10.0. The maximum atomic E-state index is 13.2. The standard InChI is InChI=1S/C15H14BrFN2O2/c1-21-14-5-3-11(18)6-9(14)8-19-15(20)12-7-10(17)2-4-13(12)16/h2-7H,8,18H2,1H3,(H,19,20). The maximum Gasteiger partial charge on any atom is 0.252 e. The molecule has 0 fully saturated rings. The van der Waals surface area contributed by atoms with Gasteiger partial charge in [0.15, 0.2) is 0 Å². The number of carbonyl (C=O) groups excluding carboxylic acids is 1. The second-order valence-corrected chi connectivity index (χ2v) is 5.23. The Hall–Kier alpha value is -2.08. The van der Waals surface area contributed by atoms with Gasteiger partial charge in [-0.15, -0.1) is 0 Å². The van der Waals surface area contributed by atoms with Crippen molar-refractivity contribution < 1.29 is 13.9 Å². The average Bonchev–Trinajstić information content (AvgIpc) is 2.47. The minimum absolute atomic E-state index is 0.232. The minimum atomic E-state index is -0.468. The van der Waals surface area contributed by atoms with Crippen molar-refractivity contribution in [3.63, 3.8) is 0 Å². The minimum Gasteiger partial charge on any atom is -0.496 e. The summed E-state index contributed by atoms with van der Waals surface area (Å²) in [4.78, 5) is 12.1. The molecule has 0 atom stereocenters. The molecule has 0 aliphatic carbocycles. The summed E-state index contributed by atoms with van der Waals surface area (Å²) >= 11 is 3.22. The Labute approximate surface area is 130 Å². The Morgan fingerprint density at radius 1 is 1.33 bits per heavy atom. The molecule has 2 aromatic carbocycles. The van der Waals surface area contributed by atoms with Crippen LogP contribution in [0.5, 0.6) is 5.75 Å². The first-order valence-electron chi connectivity index (χ1n) is 6.17. The molecule has 1 amide bonds. The third kappa shape index (κ3) is 3.72. The SMILES string of the molecule is COc1ccc(N)cc1CNC(=O)c1cc(F)ccc1Br. The normalized spacial score (nSPS) is 10.2. The predicted octanol–water partition coefficient (Wildman–Crippen LogP) is 3.11. The van der Waals surface area contributed by atoms with Gasteiger partial charge in [-0.05, 0) is 52.3 Å². The first-order valence-corrected chi connectivity index (χ1v) is 6.96. The van der Waals surface area contributed by atoms with Crippen LogP contribution in [0.15, 0.2) is 40.9 Å². The molecule has 0 aliphatic rings. The van der Waals surface area contributed by atoms with Crippen LogP contribution in [0.3, 0.4) is 0 Å². The fourth-order valence-corrected chi connectivity index (χ4v) is 2.31. The Bertz CT molecular complexity index is 677. The highest BCUT2D eigenvalue weighted by atomic mass is 79.9. The molecule has 0 saturated heterocycles. The topological polar surface area (TPSA) is 64.3 Å². The number of anilines is 1. The summed E-state index contributed by atoms with van der Waals surface area (Å²) in [7, 11) is 1.54. The molecule has 2 rings (SSSR count). The summed E-state index contributed by atoms with van der Waals surface area (Å²) in [5.74, 6) is -0.224. The van der Waals surface area contributed by atoms with Gasteiger partial charge in [0.1, 0.15) is 11.6 Å². The number of nitrogens with one attached hydrogen (secondary N) is 1. The van der Waals surface area contributed by atoms with Crippen LogP contribution >= 0.6 is 15.9 Å². The summed E-state index contributed by atoms with van der Waals surface area (Å²) in [6, 6.07) is 9.12. The lowest BCUT2D eigenvalue weighted by molar-refractivity contribution is 0.0949. The Kier molecular flexibility index (Phi) is 4.80. The molecule has 110 valence electrons. The fraction of sp³-hybridized carbons (Fsp3) is 0.133. The van der Waals surface area contributed by atoms with E-state index in [4.69, 9.17) is 10.5 Å². The van der Waals surface area contributed by atoms with Crippen LogP contribution in [0.2, 0.25) is 0 Å². The van der Waals surface area contributed by atoms with Gasteiger partial charge >= 0.3 is 0 Å². The number of nitrogen functional groups attached to an aromatic ring is 1. The number of nitrogens with two attached hydrogens (primary N) is 1. The second kappa shape index (κ2) is 6.58. The van der Waals surface area contributed by atoms with Crippen LogP contribution in [-0.4, -0.2) is 13.0 Å². The zero-order chi connectivity index (χ0) is 15.4. The molecule has 0 spiro atoms. The number of hydrogen-bond donors (Lipinski definition) is 2. The summed E-state index contributed by atoms with van der Waals surface area (Å²) in [6.07, 6.45) is 0. The lowest BCUT2D eigenvalue weighted by Gasteiger charge is -2.11. The van der Waals surface area contributed by atoms with Crippen molar-refractivity contribution in [1.29, 1.82) is 0 Å². The molecular weight excluding hydrogens is 339 g/mol. The number of ether oxygens (including phenoxy) is 1. The van der Waals surface area contributed by atoms with E-state index in [9.17, 15) is 9.18 Å². The third-order valence-corrected chi connectivity index (χ3v) is 3.61. The molecule has 0 radical (unpaired) electrons. The van der Waals surface area contributed by atoms with Crippen molar-refractivity contribution >= 4 is 27.5 Å². The highest BCUT2D eigenvalue weighted by molar-refractivity contribution is 9.10. The van der Waals surface area contributed by atoms with Crippen molar-refractivity contribution in [3.05, 3.63) is 57.8 Å². The Balaban J connectivity index is 2.14. The van der Waals surface area contributed by atoms with Gasteiger partial charge in [0.05, 0.1) is 12.7 Å². The van der Waals surface area contributed by atoms with E-state index in [0.29, 0.717) is 15.9 Å². The number of amides is 1. The number of benzene rings is 2. The van der Waals surface area contributed by atoms with Gasteiger partial charge in [-0.25, -0.2) is 4.39 Å². The quantitative estimate of drug-likeness (QED) is 0.831. The van der Waals surface area contributed by atoms with Gasteiger partial charge in [-0.2, -0.15) is 0 Å². The molecule has 2 aromatic rings. The van der Waals surface area contributed by atoms with Crippen LogP contribution in [-0.2, 0) is 6.54 Å². The molecule has 0 saturated carbocycles. The van der Waals surface area contributed by atoms with Crippen LogP contribution in [0.4, 0.5) is 10.1 Å². The largest absolute Gasteiger partial charge is 0.496 e. The molecule has 0 aliphatic heterocycles. The van der Waals surface area contributed by atoms with Gasteiger partial charge in [0, 0.05) is 22.3 Å². The van der Waals surface area contributed by atoms with Gasteiger partial charge in [-0.1, -0.05) is 0 Å². The van der Waals surface area contributed by atoms with Crippen molar-refractivity contribution in [2.45, 2.75) is 6.54 Å². The van der Waals surface area contributed by atoms with Crippen LogP contribution in [0.1, 0.15) is 15.9 Å². The van der Waals surface area contributed by atoms with Gasteiger partial charge in [0.2, 0.25) is 0 Å². The maximum absolute atomic E-state index is 13.2. The molecule has 0 bridgehead atoms. The van der Waals surface area contributed by atoms with E-state index in [-0.39, 0.29) is 18.0 Å². The second-order valence-electron chi connectivity index (χ2n) is 4.38.